The van der Waals surface area contributed by atoms with Gasteiger partial charge in [0.15, 0.2) is 0 Å². The predicted octanol–water partition coefficient (Wildman–Crippen LogP) is 4.25. The van der Waals surface area contributed by atoms with Crippen molar-refractivity contribution in [3.8, 4) is 10.4 Å². The van der Waals surface area contributed by atoms with E-state index in [0.717, 1.165) is 10.4 Å². The zero-order valence-corrected chi connectivity index (χ0v) is 18.4. The number of rotatable bonds is 6. The van der Waals surface area contributed by atoms with Crippen molar-refractivity contribution in [3.05, 3.63) is 82.4 Å². The van der Waals surface area contributed by atoms with Gasteiger partial charge in [0.05, 0.1) is 23.2 Å². The zero-order valence-electron chi connectivity index (χ0n) is 17.6. The number of ether oxygens (including phenoxy) is 1. The van der Waals surface area contributed by atoms with Crippen LogP contribution >= 0.6 is 11.3 Å². The van der Waals surface area contributed by atoms with Gasteiger partial charge in [0.2, 0.25) is 5.91 Å². The molecule has 0 bridgehead atoms. The fraction of sp³-hybridized carbons (Fsp3) is 0.167. The molecule has 2 heterocycles. The molecule has 4 aromatic rings. The number of carbonyl (C=O) groups is 2. The van der Waals surface area contributed by atoms with Gasteiger partial charge in [0.1, 0.15) is 17.2 Å². The second kappa shape index (κ2) is 9.15. The highest BCUT2D eigenvalue weighted by Gasteiger charge is 2.17. The maximum absolute atomic E-state index is 13.1. The fourth-order valence-corrected chi connectivity index (χ4v) is 4.43. The van der Waals surface area contributed by atoms with Gasteiger partial charge in [-0.05, 0) is 37.6 Å². The van der Waals surface area contributed by atoms with Crippen molar-refractivity contribution >= 4 is 39.1 Å². The van der Waals surface area contributed by atoms with E-state index in [1.807, 2.05) is 36.4 Å². The highest BCUT2D eigenvalue weighted by atomic mass is 32.1. The van der Waals surface area contributed by atoms with Crippen LogP contribution in [0.25, 0.3) is 20.7 Å². The number of esters is 1. The van der Waals surface area contributed by atoms with Crippen LogP contribution in [-0.4, -0.2) is 28.0 Å². The third kappa shape index (κ3) is 4.31. The number of hydrogen-bond acceptors (Lipinski definition) is 6. The summed E-state index contributed by atoms with van der Waals surface area (Å²) in [6, 6.07) is 18.2. The van der Waals surface area contributed by atoms with Crippen molar-refractivity contribution in [2.75, 3.05) is 11.9 Å². The van der Waals surface area contributed by atoms with Crippen LogP contribution in [0.5, 0.6) is 0 Å². The minimum absolute atomic E-state index is 0.221. The number of amides is 1. The lowest BCUT2D eigenvalue weighted by Gasteiger charge is -2.12. The molecule has 1 amide bonds. The van der Waals surface area contributed by atoms with Crippen LogP contribution in [0.3, 0.4) is 0 Å². The molecule has 4 rings (SSSR count). The Morgan fingerprint density at radius 1 is 1.09 bits per heavy atom. The largest absolute Gasteiger partial charge is 0.462 e. The fourth-order valence-electron chi connectivity index (χ4n) is 3.36. The molecule has 7 nitrogen and oxygen atoms in total. The molecule has 2 aromatic heterocycles. The Kier molecular flexibility index (Phi) is 6.13. The quantitative estimate of drug-likeness (QED) is 0.446. The molecule has 32 heavy (non-hydrogen) atoms. The third-order valence-electron chi connectivity index (χ3n) is 4.90. The number of aryl methyl sites for hydroxylation is 1. The normalized spacial score (nSPS) is 10.8. The van der Waals surface area contributed by atoms with Crippen LogP contribution in [-0.2, 0) is 16.1 Å². The predicted molar refractivity (Wildman–Crippen MR) is 125 cm³/mol. The van der Waals surface area contributed by atoms with Crippen LogP contribution < -0.4 is 10.9 Å². The minimum Gasteiger partial charge on any atom is -0.462 e. The van der Waals surface area contributed by atoms with E-state index in [1.165, 1.54) is 15.9 Å². The van der Waals surface area contributed by atoms with Crippen LogP contribution in [0.2, 0.25) is 0 Å². The number of carbonyl (C=O) groups excluding carboxylic acids is 2. The third-order valence-corrected chi connectivity index (χ3v) is 5.98. The van der Waals surface area contributed by atoms with Crippen molar-refractivity contribution in [2.24, 2.45) is 0 Å². The summed E-state index contributed by atoms with van der Waals surface area (Å²) in [6.07, 6.45) is 0. The summed E-state index contributed by atoms with van der Waals surface area (Å²) in [5, 5.41) is 3.18. The lowest BCUT2D eigenvalue weighted by atomic mass is 10.2. The molecular weight excluding hydrogens is 426 g/mol. The molecule has 1 N–H and O–H groups in total. The maximum Gasteiger partial charge on any atom is 0.340 e. The molecule has 0 saturated heterocycles. The monoisotopic (exact) mass is 447 g/mol. The summed E-state index contributed by atoms with van der Waals surface area (Å²) >= 11 is 1.44. The van der Waals surface area contributed by atoms with Crippen molar-refractivity contribution in [2.45, 2.75) is 20.4 Å². The first-order chi connectivity index (χ1) is 15.5. The smallest absolute Gasteiger partial charge is 0.340 e. The van der Waals surface area contributed by atoms with Gasteiger partial charge < -0.3 is 10.1 Å². The first-order valence-corrected chi connectivity index (χ1v) is 10.9. The van der Waals surface area contributed by atoms with Crippen molar-refractivity contribution < 1.29 is 14.3 Å². The topological polar surface area (TPSA) is 90.3 Å². The SMILES string of the molecule is CCOC(=O)c1ccccc1NC(=O)Cn1c(C)nc2sc(-c3ccccc3)cc2c1=O. The number of nitrogens with zero attached hydrogens (tertiary/aromatic N) is 2. The highest BCUT2D eigenvalue weighted by Crippen LogP contribution is 2.30. The van der Waals surface area contributed by atoms with E-state index in [2.05, 4.69) is 10.3 Å². The van der Waals surface area contributed by atoms with E-state index in [1.54, 1.807) is 38.1 Å². The lowest BCUT2D eigenvalue weighted by molar-refractivity contribution is -0.116. The van der Waals surface area contributed by atoms with Crippen molar-refractivity contribution in [1.82, 2.24) is 9.55 Å². The van der Waals surface area contributed by atoms with E-state index in [0.29, 0.717) is 21.7 Å². The summed E-state index contributed by atoms with van der Waals surface area (Å²) < 4.78 is 6.38. The van der Waals surface area contributed by atoms with Gasteiger partial charge in [-0.25, -0.2) is 9.78 Å². The minimum atomic E-state index is -0.522. The van der Waals surface area contributed by atoms with E-state index in [4.69, 9.17) is 4.74 Å². The van der Waals surface area contributed by atoms with Crippen LogP contribution in [0.15, 0.2) is 65.5 Å². The Morgan fingerprint density at radius 3 is 2.56 bits per heavy atom. The molecule has 0 aliphatic carbocycles. The Bertz CT molecular complexity index is 1360. The molecule has 0 aliphatic heterocycles. The summed E-state index contributed by atoms with van der Waals surface area (Å²) in [5.41, 5.74) is 1.32. The molecule has 0 unspecified atom stereocenters. The molecule has 0 saturated carbocycles. The number of nitrogens with one attached hydrogen (secondary N) is 1. The molecule has 0 radical (unpaired) electrons. The first-order valence-electron chi connectivity index (χ1n) is 10.1. The molecule has 2 aromatic carbocycles. The Balaban J connectivity index is 1.62. The van der Waals surface area contributed by atoms with Crippen molar-refractivity contribution in [3.63, 3.8) is 0 Å². The van der Waals surface area contributed by atoms with Gasteiger partial charge in [-0.15, -0.1) is 11.3 Å². The summed E-state index contributed by atoms with van der Waals surface area (Å²) in [5.74, 6) is -0.518. The molecule has 162 valence electrons. The maximum atomic E-state index is 13.1. The van der Waals surface area contributed by atoms with Crippen LogP contribution in [0, 0.1) is 6.92 Å². The van der Waals surface area contributed by atoms with Crippen LogP contribution in [0.1, 0.15) is 23.1 Å². The van der Waals surface area contributed by atoms with Crippen LogP contribution in [0.4, 0.5) is 5.69 Å². The molecular formula is C24H21N3O4S. The number of hydrogen-bond donors (Lipinski definition) is 1. The Labute approximate surface area is 188 Å². The van der Waals surface area contributed by atoms with E-state index in [-0.39, 0.29) is 24.3 Å². The van der Waals surface area contributed by atoms with Gasteiger partial charge in [-0.3, -0.25) is 14.2 Å². The van der Waals surface area contributed by atoms with Crippen molar-refractivity contribution in [1.29, 1.82) is 0 Å². The van der Waals surface area contributed by atoms with E-state index in [9.17, 15) is 14.4 Å². The van der Waals surface area contributed by atoms with Gasteiger partial charge >= 0.3 is 5.97 Å². The molecule has 0 atom stereocenters. The second-order valence-electron chi connectivity index (χ2n) is 7.06. The number of anilines is 1. The van der Waals surface area contributed by atoms with E-state index < -0.39 is 11.9 Å². The Hall–Kier alpha value is -3.78. The highest BCUT2D eigenvalue weighted by molar-refractivity contribution is 7.21. The number of para-hydroxylation sites is 1. The molecule has 0 aliphatic rings. The summed E-state index contributed by atoms with van der Waals surface area (Å²) in [6.45, 7) is 3.42. The first kappa shape index (κ1) is 21.5. The number of aromatic nitrogens is 2. The summed E-state index contributed by atoms with van der Waals surface area (Å²) in [4.78, 5) is 44.1. The molecule has 0 spiro atoms. The molecule has 0 fully saturated rings. The number of fused-ring (bicyclic) bond motifs is 1. The standard InChI is InChI=1S/C24H21N3O4S/c1-3-31-24(30)17-11-7-8-12-19(17)26-21(28)14-27-15(2)25-22-18(23(27)29)13-20(32-22)16-9-5-4-6-10-16/h4-13H,3,14H2,1-2H3,(H,26,28). The second-order valence-corrected chi connectivity index (χ2v) is 8.09. The lowest BCUT2D eigenvalue weighted by Crippen LogP contribution is -2.30. The van der Waals surface area contributed by atoms with E-state index >= 15 is 0 Å². The number of benzene rings is 2. The number of thiophene rings is 1. The van der Waals surface area contributed by atoms with Gasteiger partial charge in [-0.1, -0.05) is 42.5 Å². The van der Waals surface area contributed by atoms with Gasteiger partial charge in [0, 0.05) is 4.88 Å². The average Bonchev–Trinajstić information content (AvgIpc) is 3.22. The van der Waals surface area contributed by atoms with Gasteiger partial charge in [-0.2, -0.15) is 0 Å². The average molecular weight is 448 g/mol. The Morgan fingerprint density at radius 2 is 1.81 bits per heavy atom. The zero-order chi connectivity index (χ0) is 22.7. The molecule has 8 heteroatoms. The van der Waals surface area contributed by atoms with Gasteiger partial charge in [0.25, 0.3) is 5.56 Å². The summed E-state index contributed by atoms with van der Waals surface area (Å²) in [7, 11) is 0.